The molecule has 5 nitrogen and oxygen atoms in total. The van der Waals surface area contributed by atoms with Crippen LogP contribution in [0.3, 0.4) is 0 Å². The van der Waals surface area contributed by atoms with Crippen molar-refractivity contribution in [2.75, 3.05) is 19.7 Å². The number of halogens is 1. The summed E-state index contributed by atoms with van der Waals surface area (Å²) in [5.74, 6) is -0.562. The summed E-state index contributed by atoms with van der Waals surface area (Å²) in [6.45, 7) is 3.90. The summed E-state index contributed by atoms with van der Waals surface area (Å²) >= 11 is 0. The van der Waals surface area contributed by atoms with Gasteiger partial charge in [0.05, 0.1) is 11.0 Å². The van der Waals surface area contributed by atoms with Crippen molar-refractivity contribution in [1.82, 2.24) is 10.0 Å². The van der Waals surface area contributed by atoms with Crippen molar-refractivity contribution in [2.24, 2.45) is 0 Å². The van der Waals surface area contributed by atoms with E-state index in [0.29, 0.717) is 25.3 Å². The van der Waals surface area contributed by atoms with Crippen LogP contribution in [0.4, 0.5) is 4.39 Å². The minimum Gasteiger partial charge on any atom is -0.377 e. The molecule has 1 unspecified atom stereocenters. The summed E-state index contributed by atoms with van der Waals surface area (Å²) < 4.78 is 46.0. The van der Waals surface area contributed by atoms with Crippen molar-refractivity contribution >= 4 is 10.0 Å². The highest BCUT2D eigenvalue weighted by atomic mass is 32.2. The third-order valence-corrected chi connectivity index (χ3v) is 4.91. The molecule has 1 aromatic rings. The van der Waals surface area contributed by atoms with E-state index in [9.17, 15) is 12.8 Å². The largest absolute Gasteiger partial charge is 0.377 e. The molecule has 0 amide bonds. The summed E-state index contributed by atoms with van der Waals surface area (Å²) in [7, 11) is -3.74. The summed E-state index contributed by atoms with van der Waals surface area (Å²) in [6, 6.07) is 3.83. The van der Waals surface area contributed by atoms with Gasteiger partial charge < -0.3 is 10.1 Å². The van der Waals surface area contributed by atoms with E-state index in [1.165, 1.54) is 12.1 Å². The Bertz CT molecular complexity index is 572. The number of sulfonamides is 1. The first kappa shape index (κ1) is 16.4. The predicted octanol–water partition coefficient (Wildman–Crippen LogP) is 1.39. The van der Waals surface area contributed by atoms with E-state index in [0.717, 1.165) is 18.9 Å². The topological polar surface area (TPSA) is 67.4 Å². The van der Waals surface area contributed by atoms with E-state index < -0.39 is 15.8 Å². The molecule has 1 fully saturated rings. The minimum absolute atomic E-state index is 0.0125. The Balaban J connectivity index is 2.14. The Kier molecular flexibility index (Phi) is 5.69. The van der Waals surface area contributed by atoms with E-state index in [1.54, 1.807) is 0 Å². The number of hydrogen-bond acceptors (Lipinski definition) is 4. The van der Waals surface area contributed by atoms with Crippen molar-refractivity contribution in [3.63, 3.8) is 0 Å². The SMILES string of the molecule is CCNCc1ccc(F)cc1S(=O)(=O)NCC1CCCO1. The normalized spacial score (nSPS) is 19.0. The van der Waals surface area contributed by atoms with Crippen LogP contribution in [0.2, 0.25) is 0 Å². The average molecular weight is 316 g/mol. The number of benzene rings is 1. The standard InChI is InChI=1S/C14H21FN2O3S/c1-2-16-9-11-5-6-12(15)8-14(11)21(18,19)17-10-13-4-3-7-20-13/h5-6,8,13,16-17H,2-4,7,9-10H2,1H3. The molecule has 0 bridgehead atoms. The average Bonchev–Trinajstić information content (AvgIpc) is 2.97. The van der Waals surface area contributed by atoms with E-state index in [4.69, 9.17) is 4.74 Å². The van der Waals surface area contributed by atoms with Gasteiger partial charge in [-0.3, -0.25) is 0 Å². The second kappa shape index (κ2) is 7.31. The van der Waals surface area contributed by atoms with Gasteiger partial charge >= 0.3 is 0 Å². The van der Waals surface area contributed by atoms with Gasteiger partial charge in [-0.15, -0.1) is 0 Å². The molecule has 2 N–H and O–H groups in total. The van der Waals surface area contributed by atoms with E-state index in [2.05, 4.69) is 10.0 Å². The lowest BCUT2D eigenvalue weighted by Crippen LogP contribution is -2.32. The van der Waals surface area contributed by atoms with Gasteiger partial charge in [0.25, 0.3) is 0 Å². The fourth-order valence-electron chi connectivity index (χ4n) is 2.27. The molecule has 1 aliphatic heterocycles. The second-order valence-electron chi connectivity index (χ2n) is 5.02. The zero-order valence-corrected chi connectivity index (χ0v) is 12.9. The van der Waals surface area contributed by atoms with Gasteiger partial charge in [0.2, 0.25) is 10.0 Å². The lowest BCUT2D eigenvalue weighted by molar-refractivity contribution is 0.114. The minimum atomic E-state index is -3.74. The molecule has 21 heavy (non-hydrogen) atoms. The molecular weight excluding hydrogens is 295 g/mol. The maximum Gasteiger partial charge on any atom is 0.241 e. The Morgan fingerprint density at radius 2 is 2.24 bits per heavy atom. The van der Waals surface area contributed by atoms with Gasteiger partial charge in [-0.1, -0.05) is 13.0 Å². The third kappa shape index (κ3) is 4.47. The van der Waals surface area contributed by atoms with Crippen molar-refractivity contribution in [3.8, 4) is 0 Å². The molecule has 1 saturated heterocycles. The van der Waals surface area contributed by atoms with E-state index in [1.807, 2.05) is 6.92 Å². The Morgan fingerprint density at radius 1 is 1.43 bits per heavy atom. The lowest BCUT2D eigenvalue weighted by atomic mass is 10.2. The van der Waals surface area contributed by atoms with Crippen LogP contribution >= 0.6 is 0 Å². The van der Waals surface area contributed by atoms with Crippen molar-refractivity contribution in [3.05, 3.63) is 29.6 Å². The van der Waals surface area contributed by atoms with Crippen LogP contribution in [0.25, 0.3) is 0 Å². The van der Waals surface area contributed by atoms with Crippen LogP contribution in [0, 0.1) is 5.82 Å². The molecule has 118 valence electrons. The highest BCUT2D eigenvalue weighted by Crippen LogP contribution is 2.18. The monoisotopic (exact) mass is 316 g/mol. The maximum atomic E-state index is 13.4. The van der Waals surface area contributed by atoms with Crippen molar-refractivity contribution in [1.29, 1.82) is 0 Å². The Labute approximate surface area is 124 Å². The van der Waals surface area contributed by atoms with E-state index in [-0.39, 0.29) is 17.5 Å². The molecule has 1 atom stereocenters. The van der Waals surface area contributed by atoms with Crippen LogP contribution < -0.4 is 10.0 Å². The molecule has 1 heterocycles. The van der Waals surface area contributed by atoms with Crippen LogP contribution in [0.5, 0.6) is 0 Å². The van der Waals surface area contributed by atoms with Gasteiger partial charge in [-0.25, -0.2) is 17.5 Å². The Hall–Kier alpha value is -1.02. The van der Waals surface area contributed by atoms with Crippen LogP contribution in [-0.4, -0.2) is 34.2 Å². The van der Waals surface area contributed by atoms with Crippen molar-refractivity contribution in [2.45, 2.75) is 37.3 Å². The lowest BCUT2D eigenvalue weighted by Gasteiger charge is -2.14. The molecule has 0 radical (unpaired) electrons. The zero-order valence-electron chi connectivity index (χ0n) is 12.1. The highest BCUT2D eigenvalue weighted by molar-refractivity contribution is 7.89. The molecule has 2 rings (SSSR count). The number of ether oxygens (including phenoxy) is 1. The van der Waals surface area contributed by atoms with Crippen LogP contribution in [0.1, 0.15) is 25.3 Å². The number of hydrogen-bond donors (Lipinski definition) is 2. The van der Waals surface area contributed by atoms with Gasteiger partial charge in [0, 0.05) is 19.7 Å². The molecule has 0 saturated carbocycles. The van der Waals surface area contributed by atoms with Crippen molar-refractivity contribution < 1.29 is 17.5 Å². The third-order valence-electron chi connectivity index (χ3n) is 3.41. The first-order valence-corrected chi connectivity index (χ1v) is 8.61. The van der Waals surface area contributed by atoms with Gasteiger partial charge in [0.15, 0.2) is 0 Å². The summed E-state index contributed by atoms with van der Waals surface area (Å²) in [5.41, 5.74) is 0.554. The first-order chi connectivity index (χ1) is 10.0. The fraction of sp³-hybridized carbons (Fsp3) is 0.571. The molecule has 0 aromatic heterocycles. The zero-order chi connectivity index (χ0) is 15.3. The summed E-state index contributed by atoms with van der Waals surface area (Å²) in [6.07, 6.45) is 1.69. The van der Waals surface area contributed by atoms with Crippen LogP contribution in [-0.2, 0) is 21.3 Å². The van der Waals surface area contributed by atoms with Gasteiger partial charge in [-0.2, -0.15) is 0 Å². The number of nitrogens with one attached hydrogen (secondary N) is 2. The quantitative estimate of drug-likeness (QED) is 0.798. The maximum absolute atomic E-state index is 13.4. The predicted molar refractivity (Wildman–Crippen MR) is 77.9 cm³/mol. The molecule has 7 heteroatoms. The summed E-state index contributed by atoms with van der Waals surface area (Å²) in [5, 5.41) is 3.05. The second-order valence-corrected chi connectivity index (χ2v) is 6.75. The Morgan fingerprint density at radius 3 is 2.90 bits per heavy atom. The molecular formula is C14H21FN2O3S. The smallest absolute Gasteiger partial charge is 0.241 e. The summed E-state index contributed by atoms with van der Waals surface area (Å²) in [4.78, 5) is -0.0125. The highest BCUT2D eigenvalue weighted by Gasteiger charge is 2.22. The van der Waals surface area contributed by atoms with E-state index >= 15 is 0 Å². The fourth-order valence-corrected chi connectivity index (χ4v) is 3.58. The van der Waals surface area contributed by atoms with Gasteiger partial charge in [-0.05, 0) is 37.1 Å². The molecule has 1 aliphatic rings. The molecule has 0 aliphatic carbocycles. The van der Waals surface area contributed by atoms with Crippen LogP contribution in [0.15, 0.2) is 23.1 Å². The first-order valence-electron chi connectivity index (χ1n) is 7.13. The molecule has 0 spiro atoms. The number of rotatable bonds is 7. The molecule has 1 aromatic carbocycles. The van der Waals surface area contributed by atoms with Gasteiger partial charge in [0.1, 0.15) is 5.82 Å².